The van der Waals surface area contributed by atoms with E-state index in [1.807, 2.05) is 42.2 Å². The van der Waals surface area contributed by atoms with Gasteiger partial charge in [0, 0.05) is 31.8 Å². The molecular weight excluding hydrogens is 328 g/mol. The number of aryl methyl sites for hydroxylation is 2. The second-order valence-corrected chi connectivity index (χ2v) is 7.03. The van der Waals surface area contributed by atoms with Gasteiger partial charge in [0.15, 0.2) is 0 Å². The second kappa shape index (κ2) is 8.43. The van der Waals surface area contributed by atoms with E-state index in [-0.39, 0.29) is 12.5 Å². The second-order valence-electron chi connectivity index (χ2n) is 7.03. The van der Waals surface area contributed by atoms with Crippen LogP contribution in [0.1, 0.15) is 23.1 Å². The van der Waals surface area contributed by atoms with Crippen LogP contribution >= 0.6 is 0 Å². The third-order valence-corrected chi connectivity index (χ3v) is 4.85. The molecule has 1 aromatic carbocycles. The molecule has 2 aromatic rings. The minimum atomic E-state index is -0.726. The average molecular weight is 354 g/mol. The van der Waals surface area contributed by atoms with Crippen molar-refractivity contribution >= 4 is 5.91 Å². The summed E-state index contributed by atoms with van der Waals surface area (Å²) in [4.78, 5) is 18.6. The van der Waals surface area contributed by atoms with Crippen LogP contribution in [0.3, 0.4) is 0 Å². The van der Waals surface area contributed by atoms with E-state index in [1.54, 1.807) is 12.4 Å². The van der Waals surface area contributed by atoms with Crippen LogP contribution in [0.25, 0.3) is 0 Å². The first kappa shape index (κ1) is 18.5. The minimum Gasteiger partial charge on any atom is -0.393 e. The Morgan fingerprint density at radius 3 is 2.88 bits per heavy atom. The molecule has 1 atom stereocenters. The Bertz CT molecular complexity index is 735. The topological polar surface area (TPSA) is 62.7 Å². The highest BCUT2D eigenvalue weighted by molar-refractivity contribution is 5.76. The van der Waals surface area contributed by atoms with Gasteiger partial charge in [-0.25, -0.2) is 0 Å². The predicted octanol–water partition coefficient (Wildman–Crippen LogP) is 2.16. The molecule has 1 aliphatic heterocycles. The van der Waals surface area contributed by atoms with E-state index in [4.69, 9.17) is 4.74 Å². The molecule has 1 aliphatic rings. The number of aliphatic hydroxyl groups is 1. The molecule has 1 N–H and O–H groups in total. The van der Waals surface area contributed by atoms with Crippen LogP contribution in [0.5, 0.6) is 0 Å². The third-order valence-electron chi connectivity index (χ3n) is 4.85. The van der Waals surface area contributed by atoms with Crippen molar-refractivity contribution in [1.82, 2.24) is 9.88 Å². The number of nitrogens with zero attached hydrogens (tertiary/aromatic N) is 2. The highest BCUT2D eigenvalue weighted by Crippen LogP contribution is 2.24. The molecule has 1 saturated heterocycles. The van der Waals surface area contributed by atoms with Crippen LogP contribution < -0.4 is 0 Å². The van der Waals surface area contributed by atoms with Crippen LogP contribution in [-0.4, -0.2) is 52.8 Å². The summed E-state index contributed by atoms with van der Waals surface area (Å²) in [5, 5.41) is 10.0. The molecule has 0 spiro atoms. The van der Waals surface area contributed by atoms with Crippen molar-refractivity contribution in [3.63, 3.8) is 0 Å². The average Bonchev–Trinajstić information content (AvgIpc) is 2.67. The standard InChI is InChI=1S/C21H26N2O3/c1-17-4-2-5-19(12-17)13-21(16-24)15-23(10-11-26-21)20(25)8-7-18-6-3-9-22-14-18/h2-6,9,12,14,24H,7-8,10-11,13,15-16H2,1H3/t21-/m0/s1. The number of ether oxygens (including phenoxy) is 1. The number of rotatable bonds is 6. The molecule has 26 heavy (non-hydrogen) atoms. The first-order valence-electron chi connectivity index (χ1n) is 9.07. The summed E-state index contributed by atoms with van der Waals surface area (Å²) in [5.74, 6) is 0.0965. The number of hydrogen-bond donors (Lipinski definition) is 1. The molecule has 1 fully saturated rings. The van der Waals surface area contributed by atoms with Crippen LogP contribution in [0, 0.1) is 6.92 Å². The van der Waals surface area contributed by atoms with Gasteiger partial charge < -0.3 is 14.7 Å². The summed E-state index contributed by atoms with van der Waals surface area (Å²) < 4.78 is 5.95. The molecule has 0 unspecified atom stereocenters. The summed E-state index contributed by atoms with van der Waals surface area (Å²) in [6.45, 7) is 3.38. The molecule has 138 valence electrons. The molecule has 0 bridgehead atoms. The van der Waals surface area contributed by atoms with E-state index in [1.165, 1.54) is 5.56 Å². The fourth-order valence-corrected chi connectivity index (χ4v) is 3.47. The monoisotopic (exact) mass is 354 g/mol. The smallest absolute Gasteiger partial charge is 0.223 e. The number of pyridine rings is 1. The van der Waals surface area contributed by atoms with E-state index in [0.29, 0.717) is 39.0 Å². The van der Waals surface area contributed by atoms with Crippen LogP contribution in [0.4, 0.5) is 0 Å². The van der Waals surface area contributed by atoms with E-state index in [0.717, 1.165) is 11.1 Å². The number of benzene rings is 1. The van der Waals surface area contributed by atoms with E-state index >= 15 is 0 Å². The number of morpholine rings is 1. The lowest BCUT2D eigenvalue weighted by atomic mass is 9.92. The molecule has 5 nitrogen and oxygen atoms in total. The molecule has 0 aliphatic carbocycles. The summed E-state index contributed by atoms with van der Waals surface area (Å²) in [5.41, 5.74) is 2.62. The molecule has 1 aromatic heterocycles. The number of aromatic nitrogens is 1. The number of amides is 1. The maximum absolute atomic E-state index is 12.7. The highest BCUT2D eigenvalue weighted by atomic mass is 16.5. The molecule has 1 amide bonds. The van der Waals surface area contributed by atoms with E-state index in [9.17, 15) is 9.90 Å². The fraction of sp³-hybridized carbons (Fsp3) is 0.429. The van der Waals surface area contributed by atoms with Crippen molar-refractivity contribution in [3.05, 3.63) is 65.5 Å². The minimum absolute atomic E-state index is 0.0965. The van der Waals surface area contributed by atoms with Gasteiger partial charge in [-0.3, -0.25) is 9.78 Å². The lowest BCUT2D eigenvalue weighted by Gasteiger charge is -2.42. The number of aliphatic hydroxyl groups excluding tert-OH is 1. The van der Waals surface area contributed by atoms with Gasteiger partial charge in [-0.15, -0.1) is 0 Å². The highest BCUT2D eigenvalue weighted by Gasteiger charge is 2.38. The molecule has 3 rings (SSSR count). The van der Waals surface area contributed by atoms with E-state index < -0.39 is 5.60 Å². The third kappa shape index (κ3) is 4.68. The van der Waals surface area contributed by atoms with Gasteiger partial charge in [0.25, 0.3) is 0 Å². The largest absolute Gasteiger partial charge is 0.393 e. The zero-order chi connectivity index (χ0) is 18.4. The van der Waals surface area contributed by atoms with Gasteiger partial charge in [0.2, 0.25) is 5.91 Å². The number of carbonyl (C=O) groups excluding carboxylic acids is 1. The number of carbonyl (C=O) groups is 1. The molecule has 0 saturated carbocycles. The van der Waals surface area contributed by atoms with Crippen molar-refractivity contribution < 1.29 is 14.6 Å². The first-order chi connectivity index (χ1) is 12.6. The summed E-state index contributed by atoms with van der Waals surface area (Å²) in [6, 6.07) is 12.1. The molecule has 0 radical (unpaired) electrons. The van der Waals surface area contributed by atoms with Gasteiger partial charge in [-0.1, -0.05) is 35.9 Å². The van der Waals surface area contributed by atoms with Crippen LogP contribution in [0.15, 0.2) is 48.8 Å². The maximum Gasteiger partial charge on any atom is 0.223 e. The molecule has 2 heterocycles. The van der Waals surface area contributed by atoms with Gasteiger partial charge in [-0.2, -0.15) is 0 Å². The summed E-state index contributed by atoms with van der Waals surface area (Å²) in [7, 11) is 0. The van der Waals surface area contributed by atoms with Crippen LogP contribution in [0.2, 0.25) is 0 Å². The Kier molecular flexibility index (Phi) is 6.01. The fourth-order valence-electron chi connectivity index (χ4n) is 3.47. The van der Waals surface area contributed by atoms with Crippen LogP contribution in [-0.2, 0) is 22.4 Å². The summed E-state index contributed by atoms with van der Waals surface area (Å²) >= 11 is 0. The SMILES string of the molecule is Cc1cccc(C[C@@]2(CO)CN(C(=O)CCc3cccnc3)CCO2)c1. The Morgan fingerprint density at radius 1 is 1.31 bits per heavy atom. The van der Waals surface area contributed by atoms with Gasteiger partial charge in [0.1, 0.15) is 5.60 Å². The molecule has 5 heteroatoms. The van der Waals surface area contributed by atoms with Crippen molar-refractivity contribution in [3.8, 4) is 0 Å². The Morgan fingerprint density at radius 2 is 2.15 bits per heavy atom. The Balaban J connectivity index is 1.63. The van der Waals surface area contributed by atoms with Gasteiger partial charge >= 0.3 is 0 Å². The normalized spacial score (nSPS) is 20.2. The van der Waals surface area contributed by atoms with Gasteiger partial charge in [0.05, 0.1) is 19.8 Å². The van der Waals surface area contributed by atoms with Crippen molar-refractivity contribution in [1.29, 1.82) is 0 Å². The van der Waals surface area contributed by atoms with E-state index in [2.05, 4.69) is 11.1 Å². The zero-order valence-electron chi connectivity index (χ0n) is 15.2. The quantitative estimate of drug-likeness (QED) is 0.863. The van der Waals surface area contributed by atoms with Crippen molar-refractivity contribution in [2.24, 2.45) is 0 Å². The Hall–Kier alpha value is -2.24. The Labute approximate surface area is 154 Å². The lowest BCUT2D eigenvalue weighted by Crippen LogP contribution is -2.56. The molecular formula is C21H26N2O3. The lowest BCUT2D eigenvalue weighted by molar-refractivity contribution is -0.157. The number of hydrogen-bond acceptors (Lipinski definition) is 4. The zero-order valence-corrected chi connectivity index (χ0v) is 15.2. The first-order valence-corrected chi connectivity index (χ1v) is 9.07. The van der Waals surface area contributed by atoms with Crippen molar-refractivity contribution in [2.75, 3.05) is 26.3 Å². The maximum atomic E-state index is 12.7. The predicted molar refractivity (Wildman–Crippen MR) is 99.8 cm³/mol. The van der Waals surface area contributed by atoms with Gasteiger partial charge in [-0.05, 0) is 30.5 Å². The summed E-state index contributed by atoms with van der Waals surface area (Å²) in [6.07, 6.45) is 5.24. The van der Waals surface area contributed by atoms with Crippen molar-refractivity contribution in [2.45, 2.75) is 31.8 Å².